The van der Waals surface area contributed by atoms with E-state index in [1.54, 1.807) is 50.5 Å². The van der Waals surface area contributed by atoms with Gasteiger partial charge < -0.3 is 19.8 Å². The number of benzene rings is 1. The lowest BCUT2D eigenvalue weighted by atomic mass is 9.88. The van der Waals surface area contributed by atoms with Crippen LogP contribution >= 0.6 is 11.3 Å². The van der Waals surface area contributed by atoms with Gasteiger partial charge in [-0.3, -0.25) is 4.79 Å². The molecule has 1 aliphatic carbocycles. The summed E-state index contributed by atoms with van der Waals surface area (Å²) in [4.78, 5) is 46.8. The zero-order valence-corrected chi connectivity index (χ0v) is 20.9. The number of aromatic nitrogens is 2. The van der Waals surface area contributed by atoms with Crippen molar-refractivity contribution in [2.45, 2.75) is 52.6 Å². The van der Waals surface area contributed by atoms with Gasteiger partial charge in [0.25, 0.3) is 5.91 Å². The maximum absolute atomic E-state index is 13.1. The Bertz CT molecular complexity index is 1200. The van der Waals surface area contributed by atoms with Gasteiger partial charge in [-0.2, -0.15) is 0 Å². The highest BCUT2D eigenvalue weighted by Crippen LogP contribution is 2.40. The van der Waals surface area contributed by atoms with Gasteiger partial charge in [0.2, 0.25) is 0 Å². The smallest absolute Gasteiger partial charge is 0.341 e. The number of H-pyrrole nitrogens is 1. The van der Waals surface area contributed by atoms with Crippen LogP contribution in [-0.2, 0) is 27.1 Å². The second-order valence-electron chi connectivity index (χ2n) is 8.58. The van der Waals surface area contributed by atoms with E-state index >= 15 is 0 Å². The number of hydrogen-bond acceptors (Lipinski definition) is 7. The summed E-state index contributed by atoms with van der Waals surface area (Å²) in [7, 11) is 0. The van der Waals surface area contributed by atoms with Crippen molar-refractivity contribution in [1.82, 2.24) is 9.97 Å². The van der Waals surface area contributed by atoms with Crippen LogP contribution in [0.15, 0.2) is 36.7 Å². The fourth-order valence-corrected chi connectivity index (χ4v) is 5.56. The Hall–Kier alpha value is -3.46. The van der Waals surface area contributed by atoms with Crippen molar-refractivity contribution in [2.24, 2.45) is 5.92 Å². The van der Waals surface area contributed by atoms with Crippen molar-refractivity contribution in [3.63, 3.8) is 0 Å². The number of anilines is 1. The maximum atomic E-state index is 13.1. The van der Waals surface area contributed by atoms with E-state index in [9.17, 15) is 14.4 Å². The number of fused-ring (bicyclic) bond motifs is 1. The minimum Gasteiger partial charge on any atom is -0.462 e. The van der Waals surface area contributed by atoms with Crippen LogP contribution in [0, 0.1) is 5.92 Å². The summed E-state index contributed by atoms with van der Waals surface area (Å²) >= 11 is 1.41. The first kappa shape index (κ1) is 24.7. The molecule has 9 heteroatoms. The molecular formula is C26H29N3O5S. The van der Waals surface area contributed by atoms with Crippen LogP contribution < -0.4 is 5.32 Å². The summed E-state index contributed by atoms with van der Waals surface area (Å²) in [6.07, 6.45) is 5.29. The van der Waals surface area contributed by atoms with Crippen molar-refractivity contribution >= 4 is 34.2 Å². The standard InChI is InChI=1S/C26H29N3O5S/c1-4-19(34-25(31)17-9-7-16(8-10-17)22-27-12-13-28-22)23(30)29-24-21(26(32)33-5-2)18-11-6-15(3)14-20(18)35-24/h7-10,12-13,15,19H,4-6,11,14H2,1-3H3,(H,27,28)(H,29,30). The van der Waals surface area contributed by atoms with Gasteiger partial charge in [0, 0.05) is 22.8 Å². The SMILES string of the molecule is CCOC(=O)c1c(NC(=O)C(CC)OC(=O)c2ccc(-c3ncc[nH]3)cc2)sc2c1CCC(C)C2. The predicted molar refractivity (Wildman–Crippen MR) is 134 cm³/mol. The molecule has 0 bridgehead atoms. The van der Waals surface area contributed by atoms with E-state index in [0.717, 1.165) is 35.3 Å². The fourth-order valence-electron chi connectivity index (χ4n) is 4.16. The van der Waals surface area contributed by atoms with Crippen LogP contribution in [0.3, 0.4) is 0 Å². The average Bonchev–Trinajstić information content (AvgIpc) is 3.50. The number of nitrogens with one attached hydrogen (secondary N) is 2. The van der Waals surface area contributed by atoms with Gasteiger partial charge in [0.1, 0.15) is 10.8 Å². The normalized spacial score (nSPS) is 15.7. The summed E-state index contributed by atoms with van der Waals surface area (Å²) in [5.41, 5.74) is 2.56. The van der Waals surface area contributed by atoms with Gasteiger partial charge in [0.15, 0.2) is 6.10 Å². The first-order valence-electron chi connectivity index (χ1n) is 11.8. The van der Waals surface area contributed by atoms with Crippen LogP contribution in [0.2, 0.25) is 0 Å². The van der Waals surface area contributed by atoms with Crippen LogP contribution in [0.1, 0.15) is 64.8 Å². The summed E-state index contributed by atoms with van der Waals surface area (Å²) in [6, 6.07) is 6.80. The van der Waals surface area contributed by atoms with E-state index in [4.69, 9.17) is 9.47 Å². The number of ether oxygens (including phenoxy) is 2. The minimum absolute atomic E-state index is 0.251. The largest absolute Gasteiger partial charge is 0.462 e. The molecule has 0 aliphatic heterocycles. The highest BCUT2D eigenvalue weighted by Gasteiger charge is 2.31. The molecule has 35 heavy (non-hydrogen) atoms. The minimum atomic E-state index is -1.000. The van der Waals surface area contributed by atoms with Crippen molar-refractivity contribution in [2.75, 3.05) is 11.9 Å². The zero-order chi connectivity index (χ0) is 24.9. The third-order valence-electron chi connectivity index (χ3n) is 6.03. The number of hydrogen-bond donors (Lipinski definition) is 2. The summed E-state index contributed by atoms with van der Waals surface area (Å²) in [5.74, 6) is -0.283. The number of carbonyl (C=O) groups is 3. The fraction of sp³-hybridized carbons (Fsp3) is 0.385. The number of carbonyl (C=O) groups excluding carboxylic acids is 3. The van der Waals surface area contributed by atoms with Crippen molar-refractivity contribution in [3.8, 4) is 11.4 Å². The second-order valence-corrected chi connectivity index (χ2v) is 9.69. The molecule has 0 saturated heterocycles. The highest BCUT2D eigenvalue weighted by atomic mass is 32.1. The number of amides is 1. The zero-order valence-electron chi connectivity index (χ0n) is 20.1. The van der Waals surface area contributed by atoms with Crippen molar-refractivity contribution < 1.29 is 23.9 Å². The molecule has 2 heterocycles. The van der Waals surface area contributed by atoms with Gasteiger partial charge in [0.05, 0.1) is 17.7 Å². The van der Waals surface area contributed by atoms with Gasteiger partial charge in [-0.05, 0) is 56.2 Å². The Kier molecular flexibility index (Phi) is 7.65. The van der Waals surface area contributed by atoms with Crippen LogP contribution in [0.25, 0.3) is 11.4 Å². The lowest BCUT2D eigenvalue weighted by molar-refractivity contribution is -0.124. The lowest BCUT2D eigenvalue weighted by Gasteiger charge is -2.18. The van der Waals surface area contributed by atoms with Gasteiger partial charge in [-0.15, -0.1) is 11.3 Å². The Balaban J connectivity index is 1.48. The van der Waals surface area contributed by atoms with Crippen LogP contribution in [0.5, 0.6) is 0 Å². The molecule has 0 radical (unpaired) electrons. The molecule has 2 unspecified atom stereocenters. The Morgan fingerprint density at radius 2 is 1.97 bits per heavy atom. The highest BCUT2D eigenvalue weighted by molar-refractivity contribution is 7.17. The molecule has 1 amide bonds. The molecule has 1 aliphatic rings. The third-order valence-corrected chi connectivity index (χ3v) is 7.20. The summed E-state index contributed by atoms with van der Waals surface area (Å²) < 4.78 is 10.8. The van der Waals surface area contributed by atoms with E-state index in [1.807, 2.05) is 0 Å². The Morgan fingerprint density at radius 3 is 2.63 bits per heavy atom. The van der Waals surface area contributed by atoms with Crippen molar-refractivity contribution in [1.29, 1.82) is 0 Å². The summed E-state index contributed by atoms with van der Waals surface area (Å²) in [5, 5.41) is 3.31. The molecule has 3 aromatic rings. The summed E-state index contributed by atoms with van der Waals surface area (Å²) in [6.45, 7) is 5.95. The number of nitrogens with zero attached hydrogens (tertiary/aromatic N) is 1. The monoisotopic (exact) mass is 495 g/mol. The molecule has 184 valence electrons. The molecule has 2 aromatic heterocycles. The topological polar surface area (TPSA) is 110 Å². The van der Waals surface area contributed by atoms with Gasteiger partial charge in [-0.25, -0.2) is 14.6 Å². The quantitative estimate of drug-likeness (QED) is 0.425. The number of imidazole rings is 1. The number of thiophene rings is 1. The van der Waals surface area contributed by atoms with Crippen molar-refractivity contribution in [3.05, 3.63) is 58.2 Å². The Morgan fingerprint density at radius 1 is 1.20 bits per heavy atom. The van der Waals surface area contributed by atoms with E-state index < -0.39 is 23.9 Å². The second kappa shape index (κ2) is 10.9. The van der Waals surface area contributed by atoms with E-state index in [0.29, 0.717) is 34.3 Å². The van der Waals surface area contributed by atoms with Crippen LogP contribution in [0.4, 0.5) is 5.00 Å². The molecule has 0 spiro atoms. The van der Waals surface area contributed by atoms with Gasteiger partial charge >= 0.3 is 11.9 Å². The molecule has 0 saturated carbocycles. The maximum Gasteiger partial charge on any atom is 0.341 e. The number of rotatable bonds is 8. The molecule has 8 nitrogen and oxygen atoms in total. The molecule has 4 rings (SSSR count). The number of aromatic amines is 1. The first-order chi connectivity index (χ1) is 16.9. The van der Waals surface area contributed by atoms with Gasteiger partial charge in [-0.1, -0.05) is 26.0 Å². The first-order valence-corrected chi connectivity index (χ1v) is 12.7. The number of esters is 2. The lowest BCUT2D eigenvalue weighted by Crippen LogP contribution is -2.32. The third kappa shape index (κ3) is 5.45. The van der Waals surface area contributed by atoms with E-state index in [-0.39, 0.29) is 6.61 Å². The molecule has 2 N–H and O–H groups in total. The Labute approximate surface area is 208 Å². The van der Waals surface area contributed by atoms with E-state index in [1.165, 1.54) is 11.3 Å². The van der Waals surface area contributed by atoms with E-state index in [2.05, 4.69) is 22.2 Å². The molecule has 2 atom stereocenters. The molecular weight excluding hydrogens is 466 g/mol. The van der Waals surface area contributed by atoms with Crippen LogP contribution in [-0.4, -0.2) is 40.5 Å². The predicted octanol–water partition coefficient (Wildman–Crippen LogP) is 5.01. The molecule has 1 aromatic carbocycles. The molecule has 0 fully saturated rings. The average molecular weight is 496 g/mol.